The maximum atomic E-state index is 13.2. The number of methoxy groups -OCH3 is 1. The molecule has 0 heterocycles. The second kappa shape index (κ2) is 8.13. The van der Waals surface area contributed by atoms with Gasteiger partial charge < -0.3 is 4.74 Å². The molecule has 0 fully saturated rings. The minimum atomic E-state index is -3.89. The van der Waals surface area contributed by atoms with E-state index in [9.17, 15) is 8.42 Å². The molecule has 3 rings (SSSR count). The summed E-state index contributed by atoms with van der Waals surface area (Å²) in [5, 5.41) is 0.322. The van der Waals surface area contributed by atoms with E-state index in [0.29, 0.717) is 5.02 Å². The van der Waals surface area contributed by atoms with Gasteiger partial charge in [0.05, 0.1) is 13.2 Å². The fraction of sp³-hybridized carbons (Fsp3) is 0.143. The first kappa shape index (κ1) is 19.4. The first-order valence-corrected chi connectivity index (χ1v) is 10.2. The molecule has 0 bridgehead atoms. The van der Waals surface area contributed by atoms with Crippen LogP contribution in [0.3, 0.4) is 0 Å². The number of aryl methyl sites for hydroxylation is 1. The second-order valence-electron chi connectivity index (χ2n) is 6.17. The molecular formula is C21H20ClNO3S. The van der Waals surface area contributed by atoms with Gasteiger partial charge in [-0.05, 0) is 36.2 Å². The van der Waals surface area contributed by atoms with Crippen molar-refractivity contribution in [3.05, 3.63) is 94.5 Å². The van der Waals surface area contributed by atoms with Crippen molar-refractivity contribution in [1.82, 2.24) is 4.72 Å². The molecule has 4 nitrogen and oxygen atoms in total. The molecule has 0 aliphatic rings. The summed E-state index contributed by atoms with van der Waals surface area (Å²) in [7, 11) is -2.47. The number of hydrogen-bond donors (Lipinski definition) is 1. The highest BCUT2D eigenvalue weighted by molar-refractivity contribution is 7.89. The molecule has 1 atom stereocenters. The summed E-state index contributed by atoms with van der Waals surface area (Å²) in [5.74, 6) is 0.239. The van der Waals surface area contributed by atoms with Crippen LogP contribution in [0.25, 0.3) is 0 Å². The van der Waals surface area contributed by atoms with Crippen LogP contribution in [0.2, 0.25) is 5.02 Å². The first-order chi connectivity index (χ1) is 12.9. The molecular weight excluding hydrogens is 382 g/mol. The number of sulfonamides is 1. The van der Waals surface area contributed by atoms with Crippen molar-refractivity contribution in [2.24, 2.45) is 0 Å². The Hall–Kier alpha value is -2.34. The Balaban J connectivity index is 2.08. The minimum absolute atomic E-state index is 0.00563. The van der Waals surface area contributed by atoms with Crippen LogP contribution in [-0.2, 0) is 10.0 Å². The molecule has 0 amide bonds. The highest BCUT2D eigenvalue weighted by atomic mass is 35.5. The topological polar surface area (TPSA) is 55.4 Å². The SMILES string of the molecule is COc1ccc(Cl)cc1S(=O)(=O)NC(c1ccccc1)c1cccc(C)c1. The van der Waals surface area contributed by atoms with Gasteiger partial charge in [-0.3, -0.25) is 0 Å². The molecule has 0 aliphatic heterocycles. The van der Waals surface area contributed by atoms with Crippen molar-refractivity contribution in [3.63, 3.8) is 0 Å². The van der Waals surface area contributed by atoms with E-state index in [1.807, 2.05) is 61.5 Å². The summed E-state index contributed by atoms with van der Waals surface area (Å²) in [4.78, 5) is 0.00563. The molecule has 0 aromatic heterocycles. The molecule has 6 heteroatoms. The van der Waals surface area contributed by atoms with E-state index in [1.54, 1.807) is 12.1 Å². The standard InChI is InChI=1S/C21H20ClNO3S/c1-15-7-6-10-17(13-15)21(16-8-4-3-5-9-16)23-27(24,25)20-14-18(22)11-12-19(20)26-2/h3-14,21,23H,1-2H3. The zero-order valence-corrected chi connectivity index (χ0v) is 16.6. The van der Waals surface area contributed by atoms with Gasteiger partial charge in [0.2, 0.25) is 10.0 Å². The van der Waals surface area contributed by atoms with Crippen LogP contribution >= 0.6 is 11.6 Å². The summed E-state index contributed by atoms with van der Waals surface area (Å²) in [6.07, 6.45) is 0. The largest absolute Gasteiger partial charge is 0.495 e. The molecule has 0 radical (unpaired) electrons. The van der Waals surface area contributed by atoms with Gasteiger partial charge in [0.25, 0.3) is 0 Å². The van der Waals surface area contributed by atoms with Crippen LogP contribution in [0, 0.1) is 6.92 Å². The number of rotatable bonds is 6. The third-order valence-corrected chi connectivity index (χ3v) is 5.88. The Labute approximate surface area is 164 Å². The van der Waals surface area contributed by atoms with Crippen molar-refractivity contribution in [1.29, 1.82) is 0 Å². The maximum Gasteiger partial charge on any atom is 0.245 e. The van der Waals surface area contributed by atoms with E-state index in [2.05, 4.69) is 4.72 Å². The Morgan fingerprint density at radius 2 is 1.63 bits per heavy atom. The van der Waals surface area contributed by atoms with Gasteiger partial charge in [-0.25, -0.2) is 8.42 Å². The van der Waals surface area contributed by atoms with Gasteiger partial charge in [0.1, 0.15) is 10.6 Å². The van der Waals surface area contributed by atoms with E-state index in [1.165, 1.54) is 13.2 Å². The molecule has 0 aliphatic carbocycles. The highest BCUT2D eigenvalue weighted by Gasteiger charge is 2.26. The van der Waals surface area contributed by atoms with Crippen molar-refractivity contribution >= 4 is 21.6 Å². The van der Waals surface area contributed by atoms with E-state index >= 15 is 0 Å². The second-order valence-corrected chi connectivity index (χ2v) is 8.29. The predicted molar refractivity (Wildman–Crippen MR) is 108 cm³/mol. The average molecular weight is 402 g/mol. The highest BCUT2D eigenvalue weighted by Crippen LogP contribution is 2.30. The lowest BCUT2D eigenvalue weighted by atomic mass is 9.98. The number of hydrogen-bond acceptors (Lipinski definition) is 3. The lowest BCUT2D eigenvalue weighted by molar-refractivity contribution is 0.402. The number of benzene rings is 3. The minimum Gasteiger partial charge on any atom is -0.495 e. The van der Waals surface area contributed by atoms with Crippen LogP contribution < -0.4 is 9.46 Å². The third-order valence-electron chi connectivity index (χ3n) is 4.20. The van der Waals surface area contributed by atoms with E-state index in [4.69, 9.17) is 16.3 Å². The van der Waals surface area contributed by atoms with Gasteiger partial charge in [-0.15, -0.1) is 0 Å². The Morgan fingerprint density at radius 3 is 2.30 bits per heavy atom. The molecule has 3 aromatic carbocycles. The van der Waals surface area contributed by atoms with Crippen LogP contribution in [0.5, 0.6) is 5.75 Å². The molecule has 0 spiro atoms. The van der Waals surface area contributed by atoms with Gasteiger partial charge >= 0.3 is 0 Å². The first-order valence-electron chi connectivity index (χ1n) is 8.38. The van der Waals surface area contributed by atoms with E-state index in [0.717, 1.165) is 16.7 Å². The Morgan fingerprint density at radius 1 is 0.926 bits per heavy atom. The normalized spacial score (nSPS) is 12.6. The van der Waals surface area contributed by atoms with Gasteiger partial charge in [0, 0.05) is 5.02 Å². The quantitative estimate of drug-likeness (QED) is 0.649. The molecule has 1 N–H and O–H groups in total. The maximum absolute atomic E-state index is 13.2. The summed E-state index contributed by atoms with van der Waals surface area (Å²) in [5.41, 5.74) is 2.74. The van der Waals surface area contributed by atoms with Crippen LogP contribution in [-0.4, -0.2) is 15.5 Å². The predicted octanol–water partition coefficient (Wildman–Crippen LogP) is 4.72. The summed E-state index contributed by atoms with van der Waals surface area (Å²) in [6.45, 7) is 1.97. The Bertz CT molecular complexity index is 1040. The fourth-order valence-electron chi connectivity index (χ4n) is 2.90. The number of ether oxygens (including phenoxy) is 1. The van der Waals surface area contributed by atoms with Crippen molar-refractivity contribution in [3.8, 4) is 5.75 Å². The summed E-state index contributed by atoms with van der Waals surface area (Å²) < 4.78 is 34.3. The number of nitrogens with one attached hydrogen (secondary N) is 1. The lowest BCUT2D eigenvalue weighted by Crippen LogP contribution is -2.29. The zero-order valence-electron chi connectivity index (χ0n) is 15.0. The fourth-order valence-corrected chi connectivity index (χ4v) is 4.55. The van der Waals surface area contributed by atoms with Crippen molar-refractivity contribution in [2.75, 3.05) is 7.11 Å². The smallest absolute Gasteiger partial charge is 0.245 e. The average Bonchev–Trinajstić information content (AvgIpc) is 2.67. The van der Waals surface area contributed by atoms with Gasteiger partial charge in [-0.2, -0.15) is 4.72 Å². The van der Waals surface area contributed by atoms with E-state index in [-0.39, 0.29) is 10.6 Å². The monoisotopic (exact) mass is 401 g/mol. The molecule has 0 saturated carbocycles. The molecule has 3 aromatic rings. The van der Waals surface area contributed by atoms with Gasteiger partial charge in [0.15, 0.2) is 0 Å². The lowest BCUT2D eigenvalue weighted by Gasteiger charge is -2.21. The summed E-state index contributed by atoms with van der Waals surface area (Å²) in [6, 6.07) is 21.2. The van der Waals surface area contributed by atoms with Crippen LogP contribution in [0.1, 0.15) is 22.7 Å². The zero-order chi connectivity index (χ0) is 19.4. The van der Waals surface area contributed by atoms with Gasteiger partial charge in [-0.1, -0.05) is 71.8 Å². The summed E-state index contributed by atoms with van der Waals surface area (Å²) >= 11 is 6.02. The van der Waals surface area contributed by atoms with E-state index < -0.39 is 16.1 Å². The number of halogens is 1. The van der Waals surface area contributed by atoms with Crippen LogP contribution in [0.15, 0.2) is 77.7 Å². The Kier molecular flexibility index (Phi) is 5.85. The van der Waals surface area contributed by atoms with Crippen LogP contribution in [0.4, 0.5) is 0 Å². The van der Waals surface area contributed by atoms with Crippen molar-refractivity contribution < 1.29 is 13.2 Å². The molecule has 1 unspecified atom stereocenters. The molecule has 140 valence electrons. The van der Waals surface area contributed by atoms with Crippen molar-refractivity contribution in [2.45, 2.75) is 17.9 Å². The molecule has 27 heavy (non-hydrogen) atoms. The molecule has 0 saturated heterocycles. The third kappa shape index (κ3) is 4.50.